The van der Waals surface area contributed by atoms with Crippen molar-refractivity contribution in [1.29, 1.82) is 5.26 Å². The van der Waals surface area contributed by atoms with Gasteiger partial charge in [-0.1, -0.05) is 6.92 Å². The molecule has 0 aliphatic carbocycles. The Balaban J connectivity index is 1.61. The monoisotopic (exact) mass is 371 g/mol. The molecule has 0 atom stereocenters. The number of nitriles is 1. The molecule has 0 radical (unpaired) electrons. The topological polar surface area (TPSA) is 55.5 Å². The zero-order valence-electron chi connectivity index (χ0n) is 17.3. The summed E-state index contributed by atoms with van der Waals surface area (Å²) in [5.74, 6) is 0.347. The number of piperidine rings is 1. The van der Waals surface area contributed by atoms with Crippen LogP contribution in [-0.2, 0) is 18.4 Å². The van der Waals surface area contributed by atoms with Crippen molar-refractivity contribution >= 4 is 5.91 Å². The average molecular weight is 372 g/mol. The van der Waals surface area contributed by atoms with Gasteiger partial charge in [0.1, 0.15) is 11.8 Å². The summed E-state index contributed by atoms with van der Waals surface area (Å²) in [5.41, 5.74) is 2.89. The van der Waals surface area contributed by atoms with Crippen molar-refractivity contribution in [3.05, 3.63) is 23.0 Å². The Morgan fingerprint density at radius 1 is 1.15 bits per heavy atom. The highest BCUT2D eigenvalue weighted by Gasteiger charge is 2.39. The zero-order valence-corrected chi connectivity index (χ0v) is 17.3. The second-order valence-electron chi connectivity index (χ2n) is 8.60. The number of carbonyl (C=O) groups excluding carboxylic acids is 1. The van der Waals surface area contributed by atoms with Gasteiger partial charge in [0, 0.05) is 50.9 Å². The van der Waals surface area contributed by atoms with Crippen LogP contribution >= 0.6 is 0 Å². The normalized spacial score (nSPS) is 21.7. The molecular weight excluding hydrogens is 338 g/mol. The van der Waals surface area contributed by atoms with Crippen LogP contribution in [0.4, 0.5) is 0 Å². The minimum atomic E-state index is -0.195. The largest absolute Gasteiger partial charge is 0.341 e. The first kappa shape index (κ1) is 19.9. The minimum absolute atomic E-state index is 0.195. The first-order valence-corrected chi connectivity index (χ1v) is 10.1. The van der Waals surface area contributed by atoms with Crippen LogP contribution in [0.1, 0.15) is 43.1 Å². The molecule has 0 N–H and O–H groups in total. The Morgan fingerprint density at radius 2 is 1.85 bits per heavy atom. The maximum absolute atomic E-state index is 13.2. The molecule has 2 aliphatic heterocycles. The second-order valence-corrected chi connectivity index (χ2v) is 8.60. The predicted molar refractivity (Wildman–Crippen MR) is 106 cm³/mol. The Labute approximate surface area is 163 Å². The molecule has 2 fully saturated rings. The Kier molecular flexibility index (Phi) is 5.92. The summed E-state index contributed by atoms with van der Waals surface area (Å²) in [6.45, 7) is 10.7. The van der Waals surface area contributed by atoms with Gasteiger partial charge >= 0.3 is 0 Å². The highest BCUT2D eigenvalue weighted by atomic mass is 16.2. The fourth-order valence-electron chi connectivity index (χ4n) is 4.31. The van der Waals surface area contributed by atoms with E-state index >= 15 is 0 Å². The van der Waals surface area contributed by atoms with Crippen LogP contribution in [-0.4, -0.2) is 71.5 Å². The van der Waals surface area contributed by atoms with Crippen molar-refractivity contribution in [1.82, 2.24) is 19.3 Å². The van der Waals surface area contributed by atoms with Crippen molar-refractivity contribution in [2.45, 2.75) is 39.7 Å². The maximum atomic E-state index is 13.2. The van der Waals surface area contributed by atoms with Gasteiger partial charge in [-0.15, -0.1) is 0 Å². The van der Waals surface area contributed by atoms with Gasteiger partial charge < -0.3 is 14.4 Å². The molecule has 0 unspecified atom stereocenters. The quantitative estimate of drug-likeness (QED) is 0.815. The van der Waals surface area contributed by atoms with E-state index in [1.54, 1.807) is 0 Å². The van der Waals surface area contributed by atoms with E-state index < -0.39 is 0 Å². The molecule has 1 aromatic heterocycles. The van der Waals surface area contributed by atoms with Crippen LogP contribution in [0.15, 0.2) is 6.07 Å². The smallest absolute Gasteiger partial charge is 0.228 e. The maximum Gasteiger partial charge on any atom is 0.228 e. The highest BCUT2D eigenvalue weighted by molar-refractivity contribution is 5.82. The SMILES string of the molecule is Cc1c(CN2CCCN(C(=O)C3(C)CCN(C)CC3)CC2)cc(C#N)n1C. The number of nitrogens with zero attached hydrogens (tertiary/aromatic N) is 5. The lowest BCUT2D eigenvalue weighted by molar-refractivity contribution is -0.143. The molecule has 148 valence electrons. The summed E-state index contributed by atoms with van der Waals surface area (Å²) in [7, 11) is 4.08. The number of aromatic nitrogens is 1. The number of carbonyl (C=O) groups is 1. The van der Waals surface area contributed by atoms with E-state index in [1.807, 2.05) is 17.7 Å². The summed E-state index contributed by atoms with van der Waals surface area (Å²) in [5, 5.41) is 9.24. The molecule has 1 aromatic rings. The first-order chi connectivity index (χ1) is 12.8. The minimum Gasteiger partial charge on any atom is -0.341 e. The van der Waals surface area contributed by atoms with Crippen molar-refractivity contribution in [2.24, 2.45) is 12.5 Å². The molecule has 3 rings (SSSR count). The van der Waals surface area contributed by atoms with Crippen LogP contribution < -0.4 is 0 Å². The van der Waals surface area contributed by atoms with E-state index in [0.717, 1.165) is 70.8 Å². The molecule has 2 aliphatic rings. The Morgan fingerprint density at radius 3 is 2.48 bits per heavy atom. The van der Waals surface area contributed by atoms with E-state index in [9.17, 15) is 10.1 Å². The summed E-state index contributed by atoms with van der Waals surface area (Å²) in [6.07, 6.45) is 2.93. The lowest BCUT2D eigenvalue weighted by Crippen LogP contribution is -2.49. The lowest BCUT2D eigenvalue weighted by Gasteiger charge is -2.39. The number of likely N-dealkylation sites (tertiary alicyclic amines) is 1. The number of rotatable bonds is 3. The number of hydrogen-bond donors (Lipinski definition) is 0. The van der Waals surface area contributed by atoms with Gasteiger partial charge in [-0.05, 0) is 58.0 Å². The second kappa shape index (κ2) is 8.04. The molecule has 3 heterocycles. The molecule has 0 saturated carbocycles. The average Bonchev–Trinajstić information content (AvgIpc) is 2.82. The summed E-state index contributed by atoms with van der Waals surface area (Å²) >= 11 is 0. The molecule has 0 spiro atoms. The highest BCUT2D eigenvalue weighted by Crippen LogP contribution is 2.33. The molecule has 1 amide bonds. The van der Waals surface area contributed by atoms with Crippen LogP contribution in [0.3, 0.4) is 0 Å². The van der Waals surface area contributed by atoms with E-state index in [4.69, 9.17) is 0 Å². The van der Waals surface area contributed by atoms with Gasteiger partial charge in [0.2, 0.25) is 5.91 Å². The molecule has 2 saturated heterocycles. The fourth-order valence-corrected chi connectivity index (χ4v) is 4.31. The van der Waals surface area contributed by atoms with E-state index in [0.29, 0.717) is 11.6 Å². The van der Waals surface area contributed by atoms with Crippen molar-refractivity contribution in [3.8, 4) is 6.07 Å². The number of amides is 1. The third-order valence-corrected chi connectivity index (χ3v) is 6.63. The summed E-state index contributed by atoms with van der Waals surface area (Å²) < 4.78 is 1.96. The van der Waals surface area contributed by atoms with Crippen molar-refractivity contribution in [3.63, 3.8) is 0 Å². The van der Waals surface area contributed by atoms with Crippen LogP contribution in [0.25, 0.3) is 0 Å². The lowest BCUT2D eigenvalue weighted by atomic mass is 9.79. The van der Waals surface area contributed by atoms with Gasteiger partial charge in [-0.25, -0.2) is 0 Å². The summed E-state index contributed by atoms with van der Waals surface area (Å²) in [6, 6.07) is 4.26. The van der Waals surface area contributed by atoms with Crippen LogP contribution in [0.5, 0.6) is 0 Å². The van der Waals surface area contributed by atoms with Gasteiger partial charge in [-0.3, -0.25) is 9.69 Å². The molecule has 6 nitrogen and oxygen atoms in total. The molecule has 0 bridgehead atoms. The van der Waals surface area contributed by atoms with E-state index in [2.05, 4.69) is 41.7 Å². The van der Waals surface area contributed by atoms with Gasteiger partial charge in [0.25, 0.3) is 0 Å². The van der Waals surface area contributed by atoms with E-state index in [-0.39, 0.29) is 5.41 Å². The Hall–Kier alpha value is -1.84. The predicted octanol–water partition coefficient (Wildman–Crippen LogP) is 1.97. The fraction of sp³-hybridized carbons (Fsp3) is 0.714. The van der Waals surface area contributed by atoms with Crippen LogP contribution in [0, 0.1) is 23.7 Å². The summed E-state index contributed by atoms with van der Waals surface area (Å²) in [4.78, 5) is 20.0. The molecule has 6 heteroatoms. The van der Waals surface area contributed by atoms with Crippen molar-refractivity contribution in [2.75, 3.05) is 46.3 Å². The molecule has 0 aromatic carbocycles. The molecule has 27 heavy (non-hydrogen) atoms. The van der Waals surface area contributed by atoms with Gasteiger partial charge in [0.05, 0.1) is 0 Å². The van der Waals surface area contributed by atoms with Gasteiger partial charge in [0.15, 0.2) is 0 Å². The standard InChI is InChI=1S/C21H33N5O/c1-17-18(14-19(15-22)24(17)4)16-25-8-5-9-26(13-12-25)20(27)21(2)6-10-23(3)11-7-21/h14H,5-13,16H2,1-4H3. The van der Waals surface area contributed by atoms with Crippen molar-refractivity contribution < 1.29 is 4.79 Å². The Bertz CT molecular complexity index is 724. The first-order valence-electron chi connectivity index (χ1n) is 10.1. The zero-order chi connectivity index (χ0) is 19.6. The van der Waals surface area contributed by atoms with Gasteiger partial charge in [-0.2, -0.15) is 5.26 Å². The molecular formula is C21H33N5O. The number of hydrogen-bond acceptors (Lipinski definition) is 4. The van der Waals surface area contributed by atoms with E-state index in [1.165, 1.54) is 5.56 Å². The third kappa shape index (κ3) is 4.20. The third-order valence-electron chi connectivity index (χ3n) is 6.63. The van der Waals surface area contributed by atoms with Crippen LogP contribution in [0.2, 0.25) is 0 Å².